The Kier molecular flexibility index (Phi) is 6.32. The second-order valence-electron chi connectivity index (χ2n) is 4.60. The molecule has 1 atom stereocenters. The van der Waals surface area contributed by atoms with Gasteiger partial charge in [-0.25, -0.2) is 0 Å². The fraction of sp³-hybridized carbons (Fsp3) is 1.00. The molecular weight excluding hydrogens is 202 g/mol. The normalized spacial score (nSPS) is 21.9. The van der Waals surface area contributed by atoms with Crippen LogP contribution in [0.5, 0.6) is 0 Å². The minimum atomic E-state index is 0.00340. The molecular formula is C13H27NO2. The maximum atomic E-state index is 5.85. The van der Waals surface area contributed by atoms with Crippen LogP contribution in [0.3, 0.4) is 0 Å². The van der Waals surface area contributed by atoms with Crippen LogP contribution in [-0.2, 0) is 9.47 Å². The van der Waals surface area contributed by atoms with Crippen LogP contribution < -0.4 is 5.32 Å². The fourth-order valence-electron chi connectivity index (χ4n) is 2.72. The summed E-state index contributed by atoms with van der Waals surface area (Å²) in [5, 5.41) is 3.53. The Balaban J connectivity index is 2.62. The molecule has 1 aliphatic rings. The molecule has 0 bridgehead atoms. The molecule has 0 aromatic rings. The Labute approximate surface area is 99.9 Å². The van der Waals surface area contributed by atoms with Crippen LogP contribution in [0.15, 0.2) is 0 Å². The first-order chi connectivity index (χ1) is 7.79. The minimum absolute atomic E-state index is 0.00340. The summed E-state index contributed by atoms with van der Waals surface area (Å²) >= 11 is 0. The van der Waals surface area contributed by atoms with Crippen LogP contribution >= 0.6 is 0 Å². The molecule has 1 unspecified atom stereocenters. The van der Waals surface area contributed by atoms with Crippen LogP contribution in [0.25, 0.3) is 0 Å². The van der Waals surface area contributed by atoms with Crippen LogP contribution in [0.4, 0.5) is 0 Å². The van der Waals surface area contributed by atoms with E-state index in [9.17, 15) is 0 Å². The maximum Gasteiger partial charge on any atom is 0.0853 e. The number of likely N-dealkylation sites (N-methyl/N-ethyl adjacent to an activating group) is 1. The lowest BCUT2D eigenvalue weighted by atomic mass is 9.79. The monoisotopic (exact) mass is 229 g/mol. The van der Waals surface area contributed by atoms with Gasteiger partial charge in [0.15, 0.2) is 0 Å². The molecule has 0 aromatic carbocycles. The number of nitrogens with one attached hydrogen (secondary N) is 1. The molecule has 0 heterocycles. The zero-order chi connectivity index (χ0) is 11.9. The third kappa shape index (κ3) is 3.44. The van der Waals surface area contributed by atoms with E-state index < -0.39 is 0 Å². The van der Waals surface area contributed by atoms with Crippen molar-refractivity contribution in [2.75, 3.05) is 26.9 Å². The first-order valence-electron chi connectivity index (χ1n) is 6.65. The Morgan fingerprint density at radius 2 is 1.88 bits per heavy atom. The summed E-state index contributed by atoms with van der Waals surface area (Å²) in [5.74, 6) is 0. The van der Waals surface area contributed by atoms with E-state index in [1.54, 1.807) is 0 Å². The molecule has 0 aliphatic heterocycles. The Morgan fingerprint density at radius 3 is 2.38 bits per heavy atom. The quantitative estimate of drug-likeness (QED) is 0.727. The van der Waals surface area contributed by atoms with Crippen LogP contribution in [0.2, 0.25) is 0 Å². The zero-order valence-corrected chi connectivity index (χ0v) is 11.1. The minimum Gasteiger partial charge on any atom is -0.380 e. The topological polar surface area (TPSA) is 30.5 Å². The van der Waals surface area contributed by atoms with Gasteiger partial charge in [0.2, 0.25) is 0 Å². The molecule has 1 saturated carbocycles. The molecule has 0 amide bonds. The second kappa shape index (κ2) is 7.25. The molecule has 0 spiro atoms. The average Bonchev–Trinajstić information content (AvgIpc) is 2.35. The van der Waals surface area contributed by atoms with Crippen molar-refractivity contribution in [3.63, 3.8) is 0 Å². The molecule has 3 nitrogen and oxygen atoms in total. The molecule has 1 fully saturated rings. The molecule has 1 rings (SSSR count). The van der Waals surface area contributed by atoms with Crippen LogP contribution in [0.1, 0.15) is 46.0 Å². The summed E-state index contributed by atoms with van der Waals surface area (Å²) in [6, 6.07) is 0.336. The molecule has 3 heteroatoms. The summed E-state index contributed by atoms with van der Waals surface area (Å²) < 4.78 is 11.4. The zero-order valence-electron chi connectivity index (χ0n) is 11.1. The standard InChI is InChI=1S/C13H27NO2/c1-4-14-12(11-16-5-2)13(15-3)9-7-6-8-10-13/h12,14H,4-11H2,1-3H3. The lowest BCUT2D eigenvalue weighted by molar-refractivity contribution is -0.0851. The summed E-state index contributed by atoms with van der Waals surface area (Å²) in [6.45, 7) is 6.71. The molecule has 96 valence electrons. The molecule has 0 saturated heterocycles. The van der Waals surface area contributed by atoms with E-state index >= 15 is 0 Å². The van der Waals surface area contributed by atoms with Gasteiger partial charge in [-0.05, 0) is 26.3 Å². The van der Waals surface area contributed by atoms with Gasteiger partial charge in [-0.15, -0.1) is 0 Å². The third-order valence-electron chi connectivity index (χ3n) is 3.68. The van der Waals surface area contributed by atoms with Gasteiger partial charge in [0.1, 0.15) is 0 Å². The first kappa shape index (κ1) is 13.9. The van der Waals surface area contributed by atoms with Gasteiger partial charge in [0.25, 0.3) is 0 Å². The molecule has 16 heavy (non-hydrogen) atoms. The number of ether oxygens (including phenoxy) is 2. The maximum absolute atomic E-state index is 5.85. The third-order valence-corrected chi connectivity index (χ3v) is 3.68. The summed E-state index contributed by atoms with van der Waals surface area (Å²) in [7, 11) is 1.85. The van der Waals surface area contributed by atoms with Gasteiger partial charge in [0, 0.05) is 13.7 Å². The van der Waals surface area contributed by atoms with Crippen molar-refractivity contribution in [2.24, 2.45) is 0 Å². The van der Waals surface area contributed by atoms with Gasteiger partial charge < -0.3 is 14.8 Å². The van der Waals surface area contributed by atoms with E-state index in [4.69, 9.17) is 9.47 Å². The van der Waals surface area contributed by atoms with Crippen LogP contribution in [-0.4, -0.2) is 38.5 Å². The number of hydrogen-bond donors (Lipinski definition) is 1. The number of rotatable bonds is 7. The van der Waals surface area contributed by atoms with Crippen molar-refractivity contribution in [1.29, 1.82) is 0 Å². The summed E-state index contributed by atoms with van der Waals surface area (Å²) in [6.07, 6.45) is 6.23. The predicted molar refractivity (Wildman–Crippen MR) is 66.8 cm³/mol. The van der Waals surface area contributed by atoms with Gasteiger partial charge in [0.05, 0.1) is 18.2 Å². The second-order valence-corrected chi connectivity index (χ2v) is 4.60. The molecule has 1 aliphatic carbocycles. The lowest BCUT2D eigenvalue weighted by Crippen LogP contribution is -2.55. The smallest absolute Gasteiger partial charge is 0.0853 e. The van der Waals surface area contributed by atoms with Gasteiger partial charge in [-0.1, -0.05) is 26.2 Å². The van der Waals surface area contributed by atoms with Crippen molar-refractivity contribution in [1.82, 2.24) is 5.32 Å². The van der Waals surface area contributed by atoms with E-state index in [0.717, 1.165) is 32.6 Å². The Morgan fingerprint density at radius 1 is 1.19 bits per heavy atom. The Hall–Kier alpha value is -0.120. The number of methoxy groups -OCH3 is 1. The highest BCUT2D eigenvalue weighted by molar-refractivity contribution is 4.95. The van der Waals surface area contributed by atoms with Gasteiger partial charge in [-0.2, -0.15) is 0 Å². The highest BCUT2D eigenvalue weighted by Crippen LogP contribution is 2.34. The van der Waals surface area contributed by atoms with Crippen molar-refractivity contribution in [2.45, 2.75) is 57.6 Å². The van der Waals surface area contributed by atoms with Gasteiger partial charge >= 0.3 is 0 Å². The largest absolute Gasteiger partial charge is 0.380 e. The molecule has 1 N–H and O–H groups in total. The van der Waals surface area contributed by atoms with E-state index in [-0.39, 0.29) is 5.60 Å². The fourth-order valence-corrected chi connectivity index (χ4v) is 2.72. The highest BCUT2D eigenvalue weighted by atomic mass is 16.5. The summed E-state index contributed by atoms with van der Waals surface area (Å²) in [4.78, 5) is 0. The molecule has 0 radical (unpaired) electrons. The predicted octanol–water partition coefficient (Wildman–Crippen LogP) is 2.35. The van der Waals surface area contributed by atoms with Crippen LogP contribution in [0, 0.1) is 0 Å². The lowest BCUT2D eigenvalue weighted by Gasteiger charge is -2.42. The van der Waals surface area contributed by atoms with Crippen molar-refractivity contribution in [3.8, 4) is 0 Å². The van der Waals surface area contributed by atoms with Gasteiger partial charge in [-0.3, -0.25) is 0 Å². The van der Waals surface area contributed by atoms with E-state index in [0.29, 0.717) is 6.04 Å². The highest BCUT2D eigenvalue weighted by Gasteiger charge is 2.39. The van der Waals surface area contributed by atoms with E-state index in [2.05, 4.69) is 12.2 Å². The first-order valence-corrected chi connectivity index (χ1v) is 6.65. The van der Waals surface area contributed by atoms with Crippen molar-refractivity contribution in [3.05, 3.63) is 0 Å². The van der Waals surface area contributed by atoms with E-state index in [1.807, 2.05) is 14.0 Å². The summed E-state index contributed by atoms with van der Waals surface area (Å²) in [5.41, 5.74) is 0.00340. The van der Waals surface area contributed by atoms with Crippen molar-refractivity contribution < 1.29 is 9.47 Å². The Bertz CT molecular complexity index is 179. The van der Waals surface area contributed by atoms with E-state index in [1.165, 1.54) is 19.3 Å². The SMILES string of the molecule is CCNC(COCC)C1(OC)CCCCC1. The molecule has 0 aromatic heterocycles. The number of hydrogen-bond acceptors (Lipinski definition) is 3. The van der Waals surface area contributed by atoms with Crippen molar-refractivity contribution >= 4 is 0 Å². The average molecular weight is 229 g/mol.